The van der Waals surface area contributed by atoms with E-state index in [4.69, 9.17) is 4.74 Å². The van der Waals surface area contributed by atoms with Gasteiger partial charge in [0.2, 0.25) is 0 Å². The minimum Gasteiger partial charge on any atom is -0.383 e. The number of nitrogens with one attached hydrogen (secondary N) is 2. The Bertz CT molecular complexity index is 348. The van der Waals surface area contributed by atoms with Crippen LogP contribution < -0.4 is 5.32 Å². The molecule has 0 aliphatic heterocycles. The van der Waals surface area contributed by atoms with Crippen LogP contribution in [0.5, 0.6) is 0 Å². The van der Waals surface area contributed by atoms with E-state index in [1.165, 1.54) is 17.7 Å². The molecule has 0 radical (unpaired) electrons. The Labute approximate surface area is 96.8 Å². The fourth-order valence-electron chi connectivity index (χ4n) is 2.56. The van der Waals surface area contributed by atoms with Crippen LogP contribution >= 0.6 is 0 Å². The number of fused-ring (bicyclic) bond motifs is 1. The Morgan fingerprint density at radius 1 is 1.50 bits per heavy atom. The second kappa shape index (κ2) is 4.87. The molecule has 2 unspecified atom stereocenters. The van der Waals surface area contributed by atoms with Crippen LogP contribution in [-0.4, -0.2) is 30.5 Å². The molecule has 1 heterocycles. The highest BCUT2D eigenvalue weighted by atomic mass is 16.5. The van der Waals surface area contributed by atoms with Gasteiger partial charge in [0.25, 0.3) is 0 Å². The van der Waals surface area contributed by atoms with E-state index in [1.54, 1.807) is 7.11 Å². The van der Waals surface area contributed by atoms with Gasteiger partial charge in [-0.3, -0.25) is 5.10 Å². The molecule has 0 amide bonds. The lowest BCUT2D eigenvalue weighted by atomic mass is 9.82. The molecule has 0 spiro atoms. The Hall–Kier alpha value is -1.03. The van der Waals surface area contributed by atoms with E-state index in [2.05, 4.69) is 29.4 Å². The van der Waals surface area contributed by atoms with Gasteiger partial charge < -0.3 is 10.1 Å². The first kappa shape index (κ1) is 11.5. The largest absolute Gasteiger partial charge is 0.383 e. The fraction of sp³-hybridized carbons (Fsp3) is 0.750. The number of ether oxygens (including phenoxy) is 1. The summed E-state index contributed by atoms with van der Waals surface area (Å²) in [5.41, 5.74) is 2.69. The van der Waals surface area contributed by atoms with Crippen LogP contribution in [0.2, 0.25) is 0 Å². The molecule has 90 valence electrons. The molecule has 4 heteroatoms. The van der Waals surface area contributed by atoms with Crippen molar-refractivity contribution in [1.29, 1.82) is 0 Å². The van der Waals surface area contributed by atoms with E-state index in [9.17, 15) is 0 Å². The highest BCUT2D eigenvalue weighted by Gasteiger charge is 2.26. The number of anilines is 1. The van der Waals surface area contributed by atoms with Crippen molar-refractivity contribution < 1.29 is 4.74 Å². The quantitative estimate of drug-likeness (QED) is 0.769. The molecule has 2 N–H and O–H groups in total. The first-order chi connectivity index (χ1) is 7.72. The van der Waals surface area contributed by atoms with Gasteiger partial charge in [0.05, 0.1) is 6.61 Å². The molecular formula is C12H21N3O. The maximum atomic E-state index is 5.03. The van der Waals surface area contributed by atoms with E-state index in [0.29, 0.717) is 12.5 Å². The van der Waals surface area contributed by atoms with E-state index in [-0.39, 0.29) is 0 Å². The minimum atomic E-state index is 0.601. The first-order valence-corrected chi connectivity index (χ1v) is 6.02. The zero-order chi connectivity index (χ0) is 11.5. The lowest BCUT2D eigenvalue weighted by Gasteiger charge is -2.24. The van der Waals surface area contributed by atoms with E-state index >= 15 is 0 Å². The standard InChI is InChI=1S/C12H21N3O/c1-8-6-9(2)11-10(7-8)12(15-14-11)13-4-5-16-3/h8-9H,4-7H2,1-3H3,(H2,13,14,15). The van der Waals surface area contributed by atoms with Gasteiger partial charge in [-0.1, -0.05) is 13.8 Å². The first-order valence-electron chi connectivity index (χ1n) is 6.02. The average molecular weight is 223 g/mol. The van der Waals surface area contributed by atoms with Gasteiger partial charge in [-0.2, -0.15) is 5.10 Å². The van der Waals surface area contributed by atoms with Crippen molar-refractivity contribution in [3.05, 3.63) is 11.3 Å². The summed E-state index contributed by atoms with van der Waals surface area (Å²) in [5.74, 6) is 2.37. The summed E-state index contributed by atoms with van der Waals surface area (Å²) >= 11 is 0. The number of aromatic nitrogens is 2. The topological polar surface area (TPSA) is 49.9 Å². The van der Waals surface area contributed by atoms with Crippen molar-refractivity contribution in [3.63, 3.8) is 0 Å². The molecule has 0 fully saturated rings. The normalized spacial score (nSPS) is 24.2. The van der Waals surface area contributed by atoms with E-state index in [1.807, 2.05) is 0 Å². The van der Waals surface area contributed by atoms with Crippen LogP contribution in [0.15, 0.2) is 0 Å². The van der Waals surface area contributed by atoms with Gasteiger partial charge in [-0.25, -0.2) is 0 Å². The molecule has 0 aromatic carbocycles. The van der Waals surface area contributed by atoms with E-state index in [0.717, 1.165) is 24.7 Å². The Kier molecular flexibility index (Phi) is 3.49. The highest BCUT2D eigenvalue weighted by molar-refractivity contribution is 5.48. The summed E-state index contributed by atoms with van der Waals surface area (Å²) in [7, 11) is 1.71. The number of methoxy groups -OCH3 is 1. The number of nitrogens with zero attached hydrogens (tertiary/aromatic N) is 1. The van der Waals surface area contributed by atoms with Crippen molar-refractivity contribution in [2.45, 2.75) is 32.6 Å². The highest BCUT2D eigenvalue weighted by Crippen LogP contribution is 2.36. The fourth-order valence-corrected chi connectivity index (χ4v) is 2.56. The third kappa shape index (κ3) is 2.21. The van der Waals surface area contributed by atoms with Crippen LogP contribution in [0.1, 0.15) is 37.4 Å². The lowest BCUT2D eigenvalue weighted by molar-refractivity contribution is 0.210. The zero-order valence-electron chi connectivity index (χ0n) is 10.3. The summed E-state index contributed by atoms with van der Waals surface area (Å²) in [6, 6.07) is 0. The molecule has 0 saturated carbocycles. The van der Waals surface area contributed by atoms with Crippen molar-refractivity contribution in [3.8, 4) is 0 Å². The van der Waals surface area contributed by atoms with Crippen LogP contribution in [0.4, 0.5) is 5.82 Å². The van der Waals surface area contributed by atoms with Gasteiger partial charge in [-0.05, 0) is 24.7 Å². The number of hydrogen-bond acceptors (Lipinski definition) is 3. The molecule has 4 nitrogen and oxygen atoms in total. The molecule has 1 aromatic heterocycles. The van der Waals surface area contributed by atoms with Gasteiger partial charge in [0.1, 0.15) is 0 Å². The summed E-state index contributed by atoms with van der Waals surface area (Å²) in [6.07, 6.45) is 2.39. The van der Waals surface area contributed by atoms with Gasteiger partial charge >= 0.3 is 0 Å². The van der Waals surface area contributed by atoms with Crippen molar-refractivity contribution in [1.82, 2.24) is 10.2 Å². The number of rotatable bonds is 4. The maximum absolute atomic E-state index is 5.03. The van der Waals surface area contributed by atoms with Gasteiger partial charge in [0, 0.05) is 24.9 Å². The summed E-state index contributed by atoms with van der Waals surface area (Å²) in [6.45, 7) is 6.11. The second-order valence-corrected chi connectivity index (χ2v) is 4.83. The molecule has 1 aromatic rings. The number of hydrogen-bond donors (Lipinski definition) is 2. The third-order valence-corrected chi connectivity index (χ3v) is 3.30. The van der Waals surface area contributed by atoms with Crippen LogP contribution in [0.25, 0.3) is 0 Å². The average Bonchev–Trinajstić information content (AvgIpc) is 2.62. The van der Waals surface area contributed by atoms with Gasteiger partial charge in [-0.15, -0.1) is 0 Å². The third-order valence-electron chi connectivity index (χ3n) is 3.30. The molecular weight excluding hydrogens is 202 g/mol. The summed E-state index contributed by atoms with van der Waals surface area (Å²) < 4.78 is 5.03. The van der Waals surface area contributed by atoms with Crippen molar-refractivity contribution in [2.75, 3.05) is 25.6 Å². The molecule has 0 saturated heterocycles. The predicted octanol–water partition coefficient (Wildman–Crippen LogP) is 2.15. The van der Waals surface area contributed by atoms with Crippen LogP contribution in [0.3, 0.4) is 0 Å². The summed E-state index contributed by atoms with van der Waals surface area (Å²) in [5, 5.41) is 10.9. The summed E-state index contributed by atoms with van der Waals surface area (Å²) in [4.78, 5) is 0. The minimum absolute atomic E-state index is 0.601. The Balaban J connectivity index is 2.10. The van der Waals surface area contributed by atoms with Crippen molar-refractivity contribution in [2.24, 2.45) is 5.92 Å². The van der Waals surface area contributed by atoms with Crippen molar-refractivity contribution >= 4 is 5.82 Å². The molecule has 16 heavy (non-hydrogen) atoms. The van der Waals surface area contributed by atoms with Gasteiger partial charge in [0.15, 0.2) is 5.82 Å². The van der Waals surface area contributed by atoms with Crippen LogP contribution in [-0.2, 0) is 11.2 Å². The van der Waals surface area contributed by atoms with Crippen LogP contribution in [0, 0.1) is 5.92 Å². The SMILES string of the molecule is COCCNc1n[nH]c2c1CC(C)CC2C. The molecule has 2 atom stereocenters. The number of H-pyrrole nitrogens is 1. The zero-order valence-corrected chi connectivity index (χ0v) is 10.3. The molecule has 1 aliphatic carbocycles. The Morgan fingerprint density at radius 2 is 2.31 bits per heavy atom. The lowest BCUT2D eigenvalue weighted by Crippen LogP contribution is -2.16. The Morgan fingerprint density at radius 3 is 3.06 bits per heavy atom. The monoisotopic (exact) mass is 223 g/mol. The smallest absolute Gasteiger partial charge is 0.151 e. The maximum Gasteiger partial charge on any atom is 0.151 e. The van der Waals surface area contributed by atoms with E-state index < -0.39 is 0 Å². The predicted molar refractivity (Wildman–Crippen MR) is 64.9 cm³/mol. The number of aromatic amines is 1. The molecule has 0 bridgehead atoms. The molecule has 2 rings (SSSR count). The second-order valence-electron chi connectivity index (χ2n) is 4.83. The molecule has 1 aliphatic rings.